The van der Waals surface area contributed by atoms with Crippen molar-refractivity contribution in [3.63, 3.8) is 0 Å². The number of methoxy groups -OCH3 is 1. The van der Waals surface area contributed by atoms with Gasteiger partial charge < -0.3 is 14.5 Å². The molecule has 3 aromatic rings. The van der Waals surface area contributed by atoms with Crippen molar-refractivity contribution in [1.82, 2.24) is 10.4 Å². The van der Waals surface area contributed by atoms with Crippen LogP contribution in [0.25, 0.3) is 0 Å². The van der Waals surface area contributed by atoms with E-state index in [9.17, 15) is 22.8 Å². The molecule has 8 nitrogen and oxygen atoms in total. The quantitative estimate of drug-likeness (QED) is 0.355. The molecule has 0 saturated carbocycles. The Morgan fingerprint density at radius 2 is 1.66 bits per heavy atom. The first-order valence-corrected chi connectivity index (χ1v) is 11.9. The van der Waals surface area contributed by atoms with Gasteiger partial charge in [0.1, 0.15) is 5.75 Å². The number of amides is 3. The smallest absolute Gasteiger partial charge is 0.416 e. The van der Waals surface area contributed by atoms with Gasteiger partial charge in [-0.2, -0.15) is 13.2 Å². The van der Waals surface area contributed by atoms with E-state index in [1.807, 2.05) is 24.3 Å². The van der Waals surface area contributed by atoms with E-state index in [4.69, 9.17) is 9.94 Å². The number of hydrogen-bond acceptors (Lipinski definition) is 5. The molecule has 0 bridgehead atoms. The number of benzene rings is 3. The summed E-state index contributed by atoms with van der Waals surface area (Å²) in [5.74, 6) is 0.0236. The van der Waals surface area contributed by atoms with Gasteiger partial charge in [0.15, 0.2) is 0 Å². The molecule has 38 heavy (non-hydrogen) atoms. The molecule has 0 unspecified atom stereocenters. The third kappa shape index (κ3) is 6.17. The van der Waals surface area contributed by atoms with Crippen LogP contribution in [0, 0.1) is 0 Å². The van der Waals surface area contributed by atoms with Gasteiger partial charge in [-0.05, 0) is 48.0 Å². The van der Waals surface area contributed by atoms with Crippen LogP contribution in [0.4, 0.5) is 29.3 Å². The molecule has 11 heteroatoms. The SMILES string of the molecule is COc1cccc(N2CCN(C(=O)N(Cc3ccc(C(=O)NO)cc3)c3cccc(C(F)(F)F)c3)CC2)c1. The summed E-state index contributed by atoms with van der Waals surface area (Å²) in [5, 5.41) is 8.82. The number of alkyl halides is 3. The summed E-state index contributed by atoms with van der Waals surface area (Å²) in [4.78, 5) is 30.3. The Balaban J connectivity index is 1.56. The maximum atomic E-state index is 13.7. The summed E-state index contributed by atoms with van der Waals surface area (Å²) in [6.45, 7) is 1.82. The Morgan fingerprint density at radius 1 is 0.974 bits per heavy atom. The van der Waals surface area contributed by atoms with E-state index in [-0.39, 0.29) is 17.8 Å². The predicted octanol–water partition coefficient (Wildman–Crippen LogP) is 4.78. The van der Waals surface area contributed by atoms with Gasteiger partial charge in [-0.1, -0.05) is 24.3 Å². The molecule has 0 spiro atoms. The number of piperazine rings is 1. The summed E-state index contributed by atoms with van der Waals surface area (Å²) in [5.41, 5.74) is 2.55. The fourth-order valence-electron chi connectivity index (χ4n) is 4.26. The number of hydroxylamine groups is 1. The Morgan fingerprint density at radius 3 is 2.29 bits per heavy atom. The molecule has 3 amide bonds. The van der Waals surface area contributed by atoms with E-state index < -0.39 is 23.7 Å². The second kappa shape index (κ2) is 11.4. The summed E-state index contributed by atoms with van der Waals surface area (Å²) < 4.78 is 45.6. The number of anilines is 2. The third-order valence-electron chi connectivity index (χ3n) is 6.34. The summed E-state index contributed by atoms with van der Waals surface area (Å²) in [7, 11) is 1.59. The highest BCUT2D eigenvalue weighted by Gasteiger charge is 2.32. The van der Waals surface area contributed by atoms with Crippen molar-refractivity contribution in [3.8, 4) is 5.75 Å². The molecule has 1 aliphatic rings. The maximum absolute atomic E-state index is 13.7. The van der Waals surface area contributed by atoms with Crippen LogP contribution in [-0.4, -0.2) is 55.3 Å². The fourth-order valence-corrected chi connectivity index (χ4v) is 4.26. The first kappa shape index (κ1) is 26.8. The first-order chi connectivity index (χ1) is 18.2. The predicted molar refractivity (Wildman–Crippen MR) is 135 cm³/mol. The number of carbonyl (C=O) groups excluding carboxylic acids is 2. The summed E-state index contributed by atoms with van der Waals surface area (Å²) >= 11 is 0. The third-order valence-corrected chi connectivity index (χ3v) is 6.34. The molecule has 1 aliphatic heterocycles. The zero-order valence-electron chi connectivity index (χ0n) is 20.6. The van der Waals surface area contributed by atoms with Gasteiger partial charge >= 0.3 is 12.2 Å². The number of carbonyl (C=O) groups is 2. The van der Waals surface area contributed by atoms with Gasteiger partial charge in [0.05, 0.1) is 19.2 Å². The first-order valence-electron chi connectivity index (χ1n) is 11.9. The summed E-state index contributed by atoms with van der Waals surface area (Å²) in [6, 6.07) is 17.9. The highest BCUT2D eigenvalue weighted by Crippen LogP contribution is 2.32. The van der Waals surface area contributed by atoms with Crippen LogP contribution in [0.15, 0.2) is 72.8 Å². The minimum absolute atomic E-state index is 0.0166. The molecule has 1 heterocycles. The zero-order valence-corrected chi connectivity index (χ0v) is 20.6. The lowest BCUT2D eigenvalue weighted by Crippen LogP contribution is -2.53. The van der Waals surface area contributed by atoms with Gasteiger partial charge in [-0.15, -0.1) is 0 Å². The number of ether oxygens (including phenoxy) is 1. The van der Waals surface area contributed by atoms with E-state index in [0.717, 1.165) is 23.6 Å². The highest BCUT2D eigenvalue weighted by atomic mass is 19.4. The van der Waals surface area contributed by atoms with Crippen LogP contribution in [0.1, 0.15) is 21.5 Å². The van der Waals surface area contributed by atoms with Gasteiger partial charge in [0.25, 0.3) is 5.91 Å². The molecular formula is C27H27F3N4O4. The molecule has 2 N–H and O–H groups in total. The van der Waals surface area contributed by atoms with Crippen molar-refractivity contribution in [2.45, 2.75) is 12.7 Å². The van der Waals surface area contributed by atoms with Gasteiger partial charge in [0.2, 0.25) is 0 Å². The van der Waals surface area contributed by atoms with Crippen LogP contribution in [0.3, 0.4) is 0 Å². The van der Waals surface area contributed by atoms with Crippen LogP contribution in [0.5, 0.6) is 5.75 Å². The normalized spacial score (nSPS) is 13.7. The molecule has 1 fully saturated rings. The van der Waals surface area contributed by atoms with E-state index in [2.05, 4.69) is 4.90 Å². The van der Waals surface area contributed by atoms with E-state index in [0.29, 0.717) is 31.7 Å². The minimum Gasteiger partial charge on any atom is -0.497 e. The Labute approximate surface area is 217 Å². The average Bonchev–Trinajstić information content (AvgIpc) is 2.95. The van der Waals surface area contributed by atoms with Crippen molar-refractivity contribution >= 4 is 23.3 Å². The van der Waals surface area contributed by atoms with Gasteiger partial charge in [-0.25, -0.2) is 10.3 Å². The lowest BCUT2D eigenvalue weighted by Gasteiger charge is -2.38. The van der Waals surface area contributed by atoms with E-state index in [1.165, 1.54) is 29.2 Å². The molecule has 0 radical (unpaired) electrons. The van der Waals surface area contributed by atoms with E-state index in [1.54, 1.807) is 29.6 Å². The lowest BCUT2D eigenvalue weighted by atomic mass is 10.1. The second-order valence-electron chi connectivity index (χ2n) is 8.73. The maximum Gasteiger partial charge on any atom is 0.416 e. The number of hydrogen-bond donors (Lipinski definition) is 2. The van der Waals surface area contributed by atoms with Gasteiger partial charge in [0, 0.05) is 49.2 Å². The van der Waals surface area contributed by atoms with E-state index >= 15 is 0 Å². The molecule has 0 aromatic heterocycles. The highest BCUT2D eigenvalue weighted by molar-refractivity contribution is 5.94. The number of nitrogens with zero attached hydrogens (tertiary/aromatic N) is 3. The van der Waals surface area contributed by atoms with Crippen molar-refractivity contribution in [3.05, 3.63) is 89.5 Å². The van der Waals surface area contributed by atoms with Crippen molar-refractivity contribution < 1.29 is 32.7 Å². The monoisotopic (exact) mass is 528 g/mol. The lowest BCUT2D eigenvalue weighted by molar-refractivity contribution is -0.137. The molecular weight excluding hydrogens is 501 g/mol. The van der Waals surface area contributed by atoms with Crippen molar-refractivity contribution in [2.24, 2.45) is 0 Å². The van der Waals surface area contributed by atoms with Crippen LogP contribution < -0.4 is 20.0 Å². The Hall–Kier alpha value is -4.25. The molecule has 0 atom stereocenters. The Bertz CT molecular complexity index is 1280. The van der Waals surface area contributed by atoms with Crippen LogP contribution >= 0.6 is 0 Å². The largest absolute Gasteiger partial charge is 0.497 e. The Kier molecular flexibility index (Phi) is 8.06. The molecule has 3 aromatic carbocycles. The number of nitrogens with one attached hydrogen (secondary N) is 1. The van der Waals surface area contributed by atoms with Crippen LogP contribution in [-0.2, 0) is 12.7 Å². The standard InChI is InChI=1S/C27H27F3N4O4/c1-38-24-7-3-5-22(17-24)32-12-14-33(15-13-32)26(36)34(23-6-2-4-21(16-23)27(28,29)30)18-19-8-10-20(11-9-19)25(35)31-37/h2-11,16-17,37H,12-15,18H2,1H3,(H,31,35). The van der Waals surface area contributed by atoms with Crippen LogP contribution in [0.2, 0.25) is 0 Å². The second-order valence-corrected chi connectivity index (χ2v) is 8.73. The van der Waals surface area contributed by atoms with Gasteiger partial charge in [-0.3, -0.25) is 14.9 Å². The zero-order chi connectivity index (χ0) is 27.3. The molecule has 4 rings (SSSR count). The minimum atomic E-state index is -4.56. The number of urea groups is 1. The fraction of sp³-hybridized carbons (Fsp3) is 0.259. The average molecular weight is 529 g/mol. The molecule has 1 saturated heterocycles. The number of rotatable bonds is 6. The topological polar surface area (TPSA) is 85.4 Å². The summed E-state index contributed by atoms with van der Waals surface area (Å²) in [6.07, 6.45) is -4.56. The van der Waals surface area contributed by atoms with Crippen molar-refractivity contribution in [2.75, 3.05) is 43.1 Å². The molecule has 0 aliphatic carbocycles. The number of halogens is 3. The van der Waals surface area contributed by atoms with Crippen molar-refractivity contribution in [1.29, 1.82) is 0 Å². The molecule has 200 valence electrons.